The second-order valence-corrected chi connectivity index (χ2v) is 8.54. The zero-order valence-electron chi connectivity index (χ0n) is 13.3. The van der Waals surface area contributed by atoms with Crippen molar-refractivity contribution in [1.29, 1.82) is 0 Å². The summed E-state index contributed by atoms with van der Waals surface area (Å²) >= 11 is 3.44. The van der Waals surface area contributed by atoms with Crippen LogP contribution in [0.25, 0.3) is 0 Å². The van der Waals surface area contributed by atoms with Crippen molar-refractivity contribution in [2.75, 3.05) is 25.2 Å². The molecule has 1 atom stereocenters. The summed E-state index contributed by atoms with van der Waals surface area (Å²) in [5.74, 6) is 1.80. The Balaban J connectivity index is 2.08. The van der Waals surface area contributed by atoms with Gasteiger partial charge in [0.1, 0.15) is 5.75 Å². The van der Waals surface area contributed by atoms with Crippen molar-refractivity contribution in [3.8, 4) is 5.75 Å². The van der Waals surface area contributed by atoms with Crippen LogP contribution in [0.2, 0.25) is 0 Å². The van der Waals surface area contributed by atoms with E-state index >= 15 is 0 Å². The first-order chi connectivity index (χ1) is 10.9. The molecular weight excluding hydrogens is 382 g/mol. The largest absolute Gasteiger partial charge is 0.496 e. The smallest absolute Gasteiger partial charge is 0.191 e. The summed E-state index contributed by atoms with van der Waals surface area (Å²) in [7, 11) is -1.28. The van der Waals surface area contributed by atoms with E-state index in [0.29, 0.717) is 25.5 Å². The van der Waals surface area contributed by atoms with E-state index in [-0.39, 0.29) is 17.5 Å². The molecule has 1 fully saturated rings. The number of nitrogens with zero attached hydrogens (tertiary/aromatic N) is 1. The van der Waals surface area contributed by atoms with Crippen LogP contribution in [0.15, 0.2) is 27.7 Å². The SMILES string of the molecule is CCNC(=NCc1cc(Br)ccc1OC)NC1CCS(=O)(=O)C1. The molecule has 1 aliphatic heterocycles. The predicted octanol–water partition coefficient (Wildman–Crippen LogP) is 1.70. The molecule has 0 spiro atoms. The highest BCUT2D eigenvalue weighted by molar-refractivity contribution is 9.10. The second-order valence-electron chi connectivity index (χ2n) is 5.40. The first kappa shape index (κ1) is 18.1. The summed E-state index contributed by atoms with van der Waals surface area (Å²) in [6.07, 6.45) is 0.618. The average molecular weight is 404 g/mol. The molecule has 6 nitrogen and oxygen atoms in total. The number of hydrogen-bond acceptors (Lipinski definition) is 4. The predicted molar refractivity (Wildman–Crippen MR) is 95.7 cm³/mol. The molecule has 0 amide bonds. The van der Waals surface area contributed by atoms with Gasteiger partial charge in [-0.25, -0.2) is 13.4 Å². The molecule has 0 saturated carbocycles. The van der Waals surface area contributed by atoms with Crippen molar-refractivity contribution in [3.63, 3.8) is 0 Å². The van der Waals surface area contributed by atoms with Crippen molar-refractivity contribution in [3.05, 3.63) is 28.2 Å². The van der Waals surface area contributed by atoms with E-state index in [1.807, 2.05) is 25.1 Å². The topological polar surface area (TPSA) is 79.8 Å². The third kappa shape index (κ3) is 5.39. The number of ether oxygens (including phenoxy) is 1. The lowest BCUT2D eigenvalue weighted by atomic mass is 10.2. The highest BCUT2D eigenvalue weighted by Crippen LogP contribution is 2.23. The molecule has 1 heterocycles. The molecule has 0 radical (unpaired) electrons. The Morgan fingerprint density at radius 1 is 1.48 bits per heavy atom. The Morgan fingerprint density at radius 3 is 2.87 bits per heavy atom. The first-order valence-electron chi connectivity index (χ1n) is 7.51. The molecule has 1 saturated heterocycles. The quantitative estimate of drug-likeness (QED) is 0.577. The third-order valence-corrected chi connectivity index (χ3v) is 5.83. The molecule has 2 rings (SSSR count). The maximum absolute atomic E-state index is 11.6. The van der Waals surface area contributed by atoms with Gasteiger partial charge in [-0.3, -0.25) is 0 Å². The first-order valence-corrected chi connectivity index (χ1v) is 10.1. The molecular formula is C15H22BrN3O3S. The van der Waals surface area contributed by atoms with Crippen molar-refractivity contribution in [2.24, 2.45) is 4.99 Å². The van der Waals surface area contributed by atoms with Gasteiger partial charge in [-0.1, -0.05) is 15.9 Å². The van der Waals surface area contributed by atoms with Gasteiger partial charge in [0.05, 0.1) is 25.2 Å². The van der Waals surface area contributed by atoms with Crippen LogP contribution in [-0.4, -0.2) is 45.6 Å². The summed E-state index contributed by atoms with van der Waals surface area (Å²) < 4.78 is 29.4. The van der Waals surface area contributed by atoms with Crippen LogP contribution in [0.5, 0.6) is 5.75 Å². The molecule has 23 heavy (non-hydrogen) atoms. The normalized spacial score (nSPS) is 20.3. The average Bonchev–Trinajstić information content (AvgIpc) is 2.84. The number of rotatable bonds is 5. The fourth-order valence-electron chi connectivity index (χ4n) is 2.46. The Bertz CT molecular complexity index is 677. The summed E-state index contributed by atoms with van der Waals surface area (Å²) in [6, 6.07) is 5.69. The number of hydrogen-bond donors (Lipinski definition) is 2. The molecule has 2 N–H and O–H groups in total. The Kier molecular flexibility index (Phi) is 6.29. The molecule has 128 valence electrons. The van der Waals surface area contributed by atoms with E-state index in [9.17, 15) is 8.42 Å². The highest BCUT2D eigenvalue weighted by atomic mass is 79.9. The van der Waals surface area contributed by atoms with Crippen LogP contribution in [0.3, 0.4) is 0 Å². The van der Waals surface area contributed by atoms with Gasteiger partial charge >= 0.3 is 0 Å². The van der Waals surface area contributed by atoms with Gasteiger partial charge in [0.25, 0.3) is 0 Å². The molecule has 1 unspecified atom stereocenters. The maximum atomic E-state index is 11.6. The fourth-order valence-corrected chi connectivity index (χ4v) is 4.54. The van der Waals surface area contributed by atoms with Gasteiger partial charge in [-0.2, -0.15) is 0 Å². The van der Waals surface area contributed by atoms with Crippen molar-refractivity contribution >= 4 is 31.7 Å². The van der Waals surface area contributed by atoms with Gasteiger partial charge in [-0.15, -0.1) is 0 Å². The standard InChI is InChI=1S/C15H22BrN3O3S/c1-3-17-15(19-13-6-7-23(20,21)10-13)18-9-11-8-12(16)4-5-14(11)22-2/h4-5,8,13H,3,6-7,9-10H2,1-2H3,(H2,17,18,19). The van der Waals surface area contributed by atoms with Crippen molar-refractivity contribution in [1.82, 2.24) is 10.6 Å². The van der Waals surface area contributed by atoms with Gasteiger partial charge in [0, 0.05) is 22.6 Å². The fraction of sp³-hybridized carbons (Fsp3) is 0.533. The van der Waals surface area contributed by atoms with Crippen LogP contribution < -0.4 is 15.4 Å². The zero-order valence-corrected chi connectivity index (χ0v) is 15.7. The maximum Gasteiger partial charge on any atom is 0.191 e. The van der Waals surface area contributed by atoms with Gasteiger partial charge < -0.3 is 15.4 Å². The zero-order chi connectivity index (χ0) is 16.9. The van der Waals surface area contributed by atoms with E-state index in [0.717, 1.165) is 15.8 Å². The number of halogens is 1. The van der Waals surface area contributed by atoms with E-state index in [1.54, 1.807) is 7.11 Å². The molecule has 1 aromatic carbocycles. The molecule has 1 aromatic rings. The van der Waals surface area contributed by atoms with Crippen LogP contribution >= 0.6 is 15.9 Å². The minimum Gasteiger partial charge on any atom is -0.496 e. The van der Waals surface area contributed by atoms with E-state index < -0.39 is 9.84 Å². The van der Waals surface area contributed by atoms with E-state index in [1.165, 1.54) is 0 Å². The minimum atomic E-state index is -2.91. The molecule has 0 aliphatic carbocycles. The Hall–Kier alpha value is -1.28. The summed E-state index contributed by atoms with van der Waals surface area (Å²) in [4.78, 5) is 4.54. The number of aliphatic imine (C=N–C) groups is 1. The summed E-state index contributed by atoms with van der Waals surface area (Å²) in [5, 5.41) is 6.35. The summed E-state index contributed by atoms with van der Waals surface area (Å²) in [6.45, 7) is 3.13. The minimum absolute atomic E-state index is 0.0813. The van der Waals surface area contributed by atoms with Gasteiger partial charge in [-0.05, 0) is 31.5 Å². The molecule has 0 aromatic heterocycles. The Morgan fingerprint density at radius 2 is 2.26 bits per heavy atom. The highest BCUT2D eigenvalue weighted by Gasteiger charge is 2.28. The number of guanidine groups is 1. The lowest BCUT2D eigenvalue weighted by molar-refractivity contribution is 0.409. The van der Waals surface area contributed by atoms with E-state index in [4.69, 9.17) is 4.74 Å². The van der Waals surface area contributed by atoms with E-state index in [2.05, 4.69) is 31.6 Å². The number of methoxy groups -OCH3 is 1. The second kappa shape index (κ2) is 8.01. The van der Waals surface area contributed by atoms with Gasteiger partial charge in [0.15, 0.2) is 15.8 Å². The molecule has 0 bridgehead atoms. The van der Waals surface area contributed by atoms with Crippen LogP contribution in [0, 0.1) is 0 Å². The Labute approximate surface area is 145 Å². The molecule has 1 aliphatic rings. The molecule has 8 heteroatoms. The van der Waals surface area contributed by atoms with Crippen molar-refractivity contribution in [2.45, 2.75) is 25.9 Å². The van der Waals surface area contributed by atoms with Crippen LogP contribution in [0.4, 0.5) is 0 Å². The lowest BCUT2D eigenvalue weighted by Crippen LogP contribution is -2.44. The monoisotopic (exact) mass is 403 g/mol. The van der Waals surface area contributed by atoms with Crippen LogP contribution in [-0.2, 0) is 16.4 Å². The van der Waals surface area contributed by atoms with Gasteiger partial charge in [0.2, 0.25) is 0 Å². The lowest BCUT2D eigenvalue weighted by Gasteiger charge is -2.16. The van der Waals surface area contributed by atoms with Crippen LogP contribution in [0.1, 0.15) is 18.9 Å². The third-order valence-electron chi connectivity index (χ3n) is 3.57. The van der Waals surface area contributed by atoms with Crippen molar-refractivity contribution < 1.29 is 13.2 Å². The number of sulfone groups is 1. The summed E-state index contributed by atoms with van der Waals surface area (Å²) in [5.41, 5.74) is 0.957. The number of benzene rings is 1. The number of nitrogens with one attached hydrogen (secondary N) is 2.